The third-order valence-corrected chi connectivity index (χ3v) is 4.54. The molecule has 0 heterocycles. The van der Waals surface area contributed by atoms with E-state index in [0.29, 0.717) is 5.92 Å². The number of hydrogen-bond donors (Lipinski definition) is 1. The fourth-order valence-electron chi connectivity index (χ4n) is 3.81. The summed E-state index contributed by atoms with van der Waals surface area (Å²) in [6.07, 6.45) is 5.75. The molecule has 0 saturated heterocycles. The summed E-state index contributed by atoms with van der Waals surface area (Å²) in [4.78, 5) is 0. The molecule has 1 heteroatoms. The van der Waals surface area contributed by atoms with Gasteiger partial charge in [-0.3, -0.25) is 0 Å². The standard InChI is InChI=1S/C15H20O/c1-11-3-2-4-12(7-11)9-15(16)10-13-5-6-14(15)8-13/h2-4,7,13-14,16H,5-6,8-10H2,1H3. The fourth-order valence-corrected chi connectivity index (χ4v) is 3.81. The van der Waals surface area contributed by atoms with Gasteiger partial charge in [0.2, 0.25) is 0 Å². The lowest BCUT2D eigenvalue weighted by molar-refractivity contribution is -0.0125. The molecule has 0 spiro atoms. The van der Waals surface area contributed by atoms with E-state index in [1.807, 2.05) is 0 Å². The Morgan fingerprint density at radius 2 is 2.25 bits per heavy atom. The molecule has 3 rings (SSSR count). The van der Waals surface area contributed by atoms with Gasteiger partial charge in [0, 0.05) is 6.42 Å². The summed E-state index contributed by atoms with van der Waals surface area (Å²) in [6, 6.07) is 8.58. The van der Waals surface area contributed by atoms with Crippen LogP contribution in [0.3, 0.4) is 0 Å². The molecule has 2 bridgehead atoms. The molecule has 3 atom stereocenters. The predicted octanol–water partition coefficient (Wildman–Crippen LogP) is 3.09. The van der Waals surface area contributed by atoms with Gasteiger partial charge in [-0.25, -0.2) is 0 Å². The lowest BCUT2D eigenvalue weighted by Gasteiger charge is -2.32. The first kappa shape index (κ1) is 10.3. The van der Waals surface area contributed by atoms with E-state index in [4.69, 9.17) is 0 Å². The summed E-state index contributed by atoms with van der Waals surface area (Å²) in [5, 5.41) is 10.7. The average Bonchev–Trinajstić information content (AvgIpc) is 2.76. The number of fused-ring (bicyclic) bond motifs is 2. The van der Waals surface area contributed by atoms with Crippen molar-refractivity contribution in [2.75, 3.05) is 0 Å². The molecule has 0 aromatic heterocycles. The van der Waals surface area contributed by atoms with Crippen LogP contribution in [0, 0.1) is 18.8 Å². The van der Waals surface area contributed by atoms with Crippen LogP contribution < -0.4 is 0 Å². The van der Waals surface area contributed by atoms with E-state index in [1.54, 1.807) is 0 Å². The zero-order valence-electron chi connectivity index (χ0n) is 9.95. The first-order valence-corrected chi connectivity index (χ1v) is 6.44. The highest BCUT2D eigenvalue weighted by Gasteiger charge is 2.49. The summed E-state index contributed by atoms with van der Waals surface area (Å²) in [7, 11) is 0. The molecular weight excluding hydrogens is 196 g/mol. The van der Waals surface area contributed by atoms with Gasteiger partial charge in [-0.05, 0) is 50.0 Å². The Balaban J connectivity index is 1.79. The van der Waals surface area contributed by atoms with Gasteiger partial charge in [0.1, 0.15) is 0 Å². The quantitative estimate of drug-likeness (QED) is 0.805. The molecule has 3 unspecified atom stereocenters. The summed E-state index contributed by atoms with van der Waals surface area (Å²) in [5.41, 5.74) is 2.20. The largest absolute Gasteiger partial charge is 0.389 e. The first-order valence-electron chi connectivity index (χ1n) is 6.44. The van der Waals surface area contributed by atoms with Gasteiger partial charge in [-0.15, -0.1) is 0 Å². The van der Waals surface area contributed by atoms with Gasteiger partial charge in [0.15, 0.2) is 0 Å². The van der Waals surface area contributed by atoms with E-state index >= 15 is 0 Å². The minimum Gasteiger partial charge on any atom is -0.389 e. The van der Waals surface area contributed by atoms with Crippen molar-refractivity contribution in [2.45, 2.75) is 44.6 Å². The molecule has 1 aromatic carbocycles. The lowest BCUT2D eigenvalue weighted by Crippen LogP contribution is -2.37. The van der Waals surface area contributed by atoms with Crippen molar-refractivity contribution in [2.24, 2.45) is 11.8 Å². The van der Waals surface area contributed by atoms with Crippen LogP contribution in [0.5, 0.6) is 0 Å². The second-order valence-corrected chi connectivity index (χ2v) is 5.85. The van der Waals surface area contributed by atoms with Crippen LogP contribution in [-0.4, -0.2) is 10.7 Å². The maximum absolute atomic E-state index is 10.7. The highest BCUT2D eigenvalue weighted by Crippen LogP contribution is 2.51. The monoisotopic (exact) mass is 216 g/mol. The van der Waals surface area contributed by atoms with Crippen molar-refractivity contribution >= 4 is 0 Å². The van der Waals surface area contributed by atoms with Crippen LogP contribution >= 0.6 is 0 Å². The average molecular weight is 216 g/mol. The van der Waals surface area contributed by atoms with Crippen LogP contribution in [0.4, 0.5) is 0 Å². The van der Waals surface area contributed by atoms with Crippen LogP contribution in [0.15, 0.2) is 24.3 Å². The van der Waals surface area contributed by atoms with Crippen molar-refractivity contribution in [3.05, 3.63) is 35.4 Å². The fraction of sp³-hybridized carbons (Fsp3) is 0.600. The highest BCUT2D eigenvalue weighted by molar-refractivity contribution is 5.24. The Hall–Kier alpha value is -0.820. The second-order valence-electron chi connectivity index (χ2n) is 5.85. The van der Waals surface area contributed by atoms with Crippen molar-refractivity contribution in [3.63, 3.8) is 0 Å². The van der Waals surface area contributed by atoms with Gasteiger partial charge in [-0.2, -0.15) is 0 Å². The Morgan fingerprint density at radius 1 is 1.38 bits per heavy atom. The van der Waals surface area contributed by atoms with Crippen LogP contribution in [-0.2, 0) is 6.42 Å². The molecule has 0 aliphatic heterocycles. The van der Waals surface area contributed by atoms with Gasteiger partial charge < -0.3 is 5.11 Å². The molecule has 0 amide bonds. The van der Waals surface area contributed by atoms with Crippen molar-refractivity contribution < 1.29 is 5.11 Å². The lowest BCUT2D eigenvalue weighted by atomic mass is 9.80. The number of rotatable bonds is 2. The minimum atomic E-state index is -0.392. The van der Waals surface area contributed by atoms with E-state index in [2.05, 4.69) is 31.2 Å². The Labute approximate surface area is 97.5 Å². The van der Waals surface area contributed by atoms with Crippen molar-refractivity contribution in [1.29, 1.82) is 0 Å². The molecular formula is C15H20O. The minimum absolute atomic E-state index is 0.392. The summed E-state index contributed by atoms with van der Waals surface area (Å²) < 4.78 is 0. The SMILES string of the molecule is Cc1cccc(CC2(O)CC3CCC2C3)c1. The zero-order valence-corrected chi connectivity index (χ0v) is 9.95. The third-order valence-electron chi connectivity index (χ3n) is 4.54. The molecule has 86 valence electrons. The molecule has 2 fully saturated rings. The maximum Gasteiger partial charge on any atom is 0.0718 e. The maximum atomic E-state index is 10.7. The van der Waals surface area contributed by atoms with Gasteiger partial charge >= 0.3 is 0 Å². The van der Waals surface area contributed by atoms with Crippen LogP contribution in [0.1, 0.15) is 36.8 Å². The van der Waals surface area contributed by atoms with E-state index in [1.165, 1.54) is 30.4 Å². The Morgan fingerprint density at radius 3 is 2.88 bits per heavy atom. The normalized spacial score (nSPS) is 36.9. The molecule has 0 radical (unpaired) electrons. The zero-order chi connectivity index (χ0) is 11.2. The van der Waals surface area contributed by atoms with E-state index in [0.717, 1.165) is 18.8 Å². The summed E-state index contributed by atoms with van der Waals surface area (Å²) >= 11 is 0. The predicted molar refractivity (Wildman–Crippen MR) is 65.3 cm³/mol. The third kappa shape index (κ3) is 1.67. The summed E-state index contributed by atoms with van der Waals surface area (Å²) in [6.45, 7) is 2.12. The van der Waals surface area contributed by atoms with Gasteiger partial charge in [0.25, 0.3) is 0 Å². The topological polar surface area (TPSA) is 20.2 Å². The molecule has 1 nitrogen and oxygen atoms in total. The van der Waals surface area contributed by atoms with E-state index in [-0.39, 0.29) is 0 Å². The number of benzene rings is 1. The molecule has 1 aromatic rings. The highest BCUT2D eigenvalue weighted by atomic mass is 16.3. The Bertz CT molecular complexity index is 398. The number of aliphatic hydroxyl groups is 1. The number of aryl methyl sites for hydroxylation is 1. The molecule has 1 N–H and O–H groups in total. The van der Waals surface area contributed by atoms with Gasteiger partial charge in [-0.1, -0.05) is 29.8 Å². The number of hydrogen-bond acceptors (Lipinski definition) is 1. The summed E-state index contributed by atoms with van der Waals surface area (Å²) in [5.74, 6) is 1.37. The van der Waals surface area contributed by atoms with E-state index < -0.39 is 5.60 Å². The Kier molecular flexibility index (Phi) is 2.32. The van der Waals surface area contributed by atoms with Crippen molar-refractivity contribution in [1.82, 2.24) is 0 Å². The molecule has 2 saturated carbocycles. The van der Waals surface area contributed by atoms with E-state index in [9.17, 15) is 5.11 Å². The smallest absolute Gasteiger partial charge is 0.0718 e. The van der Waals surface area contributed by atoms with Crippen molar-refractivity contribution in [3.8, 4) is 0 Å². The van der Waals surface area contributed by atoms with Crippen LogP contribution in [0.2, 0.25) is 0 Å². The van der Waals surface area contributed by atoms with Gasteiger partial charge in [0.05, 0.1) is 5.60 Å². The molecule has 16 heavy (non-hydrogen) atoms. The van der Waals surface area contributed by atoms with Crippen LogP contribution in [0.25, 0.3) is 0 Å². The second kappa shape index (κ2) is 3.59. The molecule has 2 aliphatic carbocycles. The molecule has 2 aliphatic rings. The first-order chi connectivity index (χ1) is 7.66.